The van der Waals surface area contributed by atoms with Gasteiger partial charge in [-0.25, -0.2) is 9.97 Å². The molecule has 0 aliphatic carbocycles. The van der Waals surface area contributed by atoms with Crippen LogP contribution in [0.25, 0.3) is 0 Å². The predicted octanol–water partition coefficient (Wildman–Crippen LogP) is -0.786. The highest BCUT2D eigenvalue weighted by molar-refractivity contribution is 6.61. The number of aliphatic hydroxyl groups is 2. The summed E-state index contributed by atoms with van der Waals surface area (Å²) in [5.74, 6) is 0.00768. The fourth-order valence-electron chi connectivity index (χ4n) is 3.25. The molecule has 0 bridgehead atoms. The van der Waals surface area contributed by atoms with Crippen LogP contribution < -0.4 is 15.7 Å². The van der Waals surface area contributed by atoms with Gasteiger partial charge in [0.1, 0.15) is 0 Å². The molecule has 1 aromatic rings. The first kappa shape index (κ1) is 21.0. The highest BCUT2D eigenvalue weighted by Crippen LogP contribution is 2.36. The third-order valence-corrected chi connectivity index (χ3v) is 5.71. The molecule has 3 rings (SSSR count). The van der Waals surface area contributed by atoms with Crippen molar-refractivity contribution in [3.8, 4) is 0 Å². The molecular weight excluding hydrogens is 363 g/mol. The molecule has 1 amide bonds. The monoisotopic (exact) mass is 392 g/mol. The molecule has 3 heterocycles. The molecule has 0 saturated carbocycles. The van der Waals surface area contributed by atoms with E-state index < -0.39 is 36.9 Å². The van der Waals surface area contributed by atoms with Crippen LogP contribution in [0.2, 0.25) is 0 Å². The molecule has 9 nitrogen and oxygen atoms in total. The Labute approximate surface area is 165 Å². The fraction of sp³-hybridized carbons (Fsp3) is 0.722. The summed E-state index contributed by atoms with van der Waals surface area (Å²) < 4.78 is 12.0. The van der Waals surface area contributed by atoms with E-state index in [-0.39, 0.29) is 6.04 Å². The Balaban J connectivity index is 1.63. The third kappa shape index (κ3) is 4.30. The Morgan fingerprint density at radius 1 is 1.32 bits per heavy atom. The molecule has 3 N–H and O–H groups in total. The predicted molar refractivity (Wildman–Crippen MR) is 104 cm³/mol. The van der Waals surface area contributed by atoms with Crippen molar-refractivity contribution < 1.29 is 24.3 Å². The van der Waals surface area contributed by atoms with Crippen molar-refractivity contribution in [1.82, 2.24) is 15.3 Å². The first-order valence-electron chi connectivity index (χ1n) is 9.65. The fourth-order valence-corrected chi connectivity index (χ4v) is 3.25. The number of aliphatic hydroxyl groups excluding tert-OH is 2. The maximum Gasteiger partial charge on any atom is 0.498 e. The molecular formula is C18H29BN4O5. The van der Waals surface area contributed by atoms with Crippen molar-refractivity contribution in [2.75, 3.05) is 24.6 Å². The highest BCUT2D eigenvalue weighted by atomic mass is 16.7. The second-order valence-corrected chi connectivity index (χ2v) is 8.40. The van der Waals surface area contributed by atoms with Gasteiger partial charge < -0.3 is 29.7 Å². The lowest BCUT2D eigenvalue weighted by Gasteiger charge is -2.33. The average molecular weight is 392 g/mol. The van der Waals surface area contributed by atoms with Gasteiger partial charge in [0.05, 0.1) is 17.8 Å². The molecule has 2 atom stereocenters. The van der Waals surface area contributed by atoms with Crippen LogP contribution in [-0.2, 0) is 14.1 Å². The van der Waals surface area contributed by atoms with Gasteiger partial charge in [0, 0.05) is 37.0 Å². The zero-order valence-electron chi connectivity index (χ0n) is 16.9. The van der Waals surface area contributed by atoms with E-state index in [2.05, 4.69) is 15.3 Å². The minimum Gasteiger partial charge on any atom is -0.399 e. The zero-order valence-corrected chi connectivity index (χ0v) is 16.9. The molecule has 28 heavy (non-hydrogen) atoms. The Morgan fingerprint density at radius 3 is 2.50 bits per heavy atom. The van der Waals surface area contributed by atoms with Crippen LogP contribution >= 0.6 is 0 Å². The summed E-state index contributed by atoms with van der Waals surface area (Å²) in [5.41, 5.74) is -0.0861. The Kier molecular flexibility index (Phi) is 5.95. The maximum absolute atomic E-state index is 11.8. The van der Waals surface area contributed by atoms with Gasteiger partial charge in [-0.05, 0) is 40.5 Å². The second-order valence-electron chi connectivity index (χ2n) is 8.40. The largest absolute Gasteiger partial charge is 0.498 e. The summed E-state index contributed by atoms with van der Waals surface area (Å²) >= 11 is 0. The molecule has 10 heteroatoms. The van der Waals surface area contributed by atoms with E-state index in [9.17, 15) is 9.90 Å². The molecule has 2 fully saturated rings. The first-order chi connectivity index (χ1) is 13.1. The molecule has 0 radical (unpaired) electrons. The van der Waals surface area contributed by atoms with Crippen LogP contribution in [0.15, 0.2) is 12.4 Å². The quantitative estimate of drug-likeness (QED) is 0.559. The highest BCUT2D eigenvalue weighted by Gasteiger charge is 2.52. The Morgan fingerprint density at radius 2 is 1.93 bits per heavy atom. The number of piperidine rings is 1. The number of nitrogens with zero attached hydrogens (tertiary/aromatic N) is 3. The maximum atomic E-state index is 11.8. The van der Waals surface area contributed by atoms with Gasteiger partial charge in [0.15, 0.2) is 6.10 Å². The Hall–Kier alpha value is -1.75. The van der Waals surface area contributed by atoms with Gasteiger partial charge in [0.25, 0.3) is 5.91 Å². The lowest BCUT2D eigenvalue weighted by Crippen LogP contribution is -2.51. The van der Waals surface area contributed by atoms with E-state index in [1.807, 2.05) is 32.6 Å². The van der Waals surface area contributed by atoms with Gasteiger partial charge >= 0.3 is 7.12 Å². The molecule has 0 spiro atoms. The summed E-state index contributed by atoms with van der Waals surface area (Å²) in [6, 6.07) is -0.131. The van der Waals surface area contributed by atoms with E-state index in [1.54, 1.807) is 12.4 Å². The number of hydrogen-bond donors (Lipinski definition) is 3. The van der Waals surface area contributed by atoms with Crippen molar-refractivity contribution in [3.05, 3.63) is 12.4 Å². The van der Waals surface area contributed by atoms with Crippen LogP contribution in [0.3, 0.4) is 0 Å². The van der Waals surface area contributed by atoms with Gasteiger partial charge in [-0.1, -0.05) is 0 Å². The third-order valence-electron chi connectivity index (χ3n) is 5.71. The summed E-state index contributed by atoms with van der Waals surface area (Å²) in [6.07, 6.45) is 3.69. The van der Waals surface area contributed by atoms with Crippen LogP contribution in [0.4, 0.5) is 5.95 Å². The van der Waals surface area contributed by atoms with Crippen LogP contribution in [-0.4, -0.2) is 76.3 Å². The van der Waals surface area contributed by atoms with Crippen LogP contribution in [0.1, 0.15) is 40.5 Å². The number of rotatable bonds is 5. The Bertz CT molecular complexity index is 684. The van der Waals surface area contributed by atoms with Crippen LogP contribution in [0.5, 0.6) is 0 Å². The summed E-state index contributed by atoms with van der Waals surface area (Å²) in [5, 5.41) is 21.1. The van der Waals surface area contributed by atoms with Gasteiger partial charge in [-0.15, -0.1) is 0 Å². The van der Waals surface area contributed by atoms with E-state index in [0.717, 1.165) is 24.8 Å². The normalized spacial score (nSPS) is 24.9. The standard InChI is InChI=1S/C18H29BN4O5/c1-17(2)18(3,4)28-19(27-17)12-8-20-16(21-9-12)23-7-5-6-13(10-23)22-15(26)14(25)11-24/h8-9,13-14,24-25H,5-7,10-11H2,1-4H3,(H,22,26)/t13-,14+/m0/s1. The van der Waals surface area contributed by atoms with E-state index >= 15 is 0 Å². The molecule has 2 aliphatic rings. The van der Waals surface area contributed by atoms with E-state index in [1.165, 1.54) is 0 Å². The summed E-state index contributed by atoms with van der Waals surface area (Å²) in [4.78, 5) is 22.7. The molecule has 0 unspecified atom stereocenters. The van der Waals surface area contributed by atoms with Gasteiger partial charge in [-0.3, -0.25) is 4.79 Å². The average Bonchev–Trinajstić information content (AvgIpc) is 2.88. The molecule has 1 aromatic heterocycles. The first-order valence-corrected chi connectivity index (χ1v) is 9.65. The van der Waals surface area contributed by atoms with Crippen molar-refractivity contribution in [2.24, 2.45) is 0 Å². The van der Waals surface area contributed by atoms with E-state index in [0.29, 0.717) is 12.5 Å². The van der Waals surface area contributed by atoms with Crippen molar-refractivity contribution in [3.63, 3.8) is 0 Å². The topological polar surface area (TPSA) is 117 Å². The lowest BCUT2D eigenvalue weighted by molar-refractivity contribution is -0.131. The number of amides is 1. The number of carbonyl (C=O) groups excluding carboxylic acids is 1. The number of anilines is 1. The second kappa shape index (κ2) is 7.94. The SMILES string of the molecule is CC1(C)OB(c2cnc(N3CCC[C@H](NC(=O)[C@H](O)CO)C3)nc2)OC1(C)C. The van der Waals surface area contributed by atoms with Gasteiger partial charge in [0.2, 0.25) is 5.95 Å². The minimum atomic E-state index is -1.40. The van der Waals surface area contributed by atoms with Gasteiger partial charge in [-0.2, -0.15) is 0 Å². The van der Waals surface area contributed by atoms with Crippen LogP contribution in [0, 0.1) is 0 Å². The number of nitrogens with one attached hydrogen (secondary N) is 1. The summed E-state index contributed by atoms with van der Waals surface area (Å²) in [7, 11) is -0.507. The smallest absolute Gasteiger partial charge is 0.399 e. The molecule has 0 aromatic carbocycles. The van der Waals surface area contributed by atoms with Crippen molar-refractivity contribution in [2.45, 2.75) is 63.9 Å². The lowest BCUT2D eigenvalue weighted by atomic mass is 9.81. The number of hydrogen-bond acceptors (Lipinski definition) is 8. The molecule has 2 saturated heterocycles. The van der Waals surface area contributed by atoms with Crippen molar-refractivity contribution in [1.29, 1.82) is 0 Å². The van der Waals surface area contributed by atoms with E-state index in [4.69, 9.17) is 14.4 Å². The number of carbonyl (C=O) groups is 1. The zero-order chi connectivity index (χ0) is 20.5. The minimum absolute atomic E-state index is 0.131. The molecule has 154 valence electrons. The molecule has 2 aliphatic heterocycles. The summed E-state index contributed by atoms with van der Waals surface area (Å²) in [6.45, 7) is 8.72. The van der Waals surface area contributed by atoms with Crippen molar-refractivity contribution >= 4 is 24.4 Å². The number of aromatic nitrogens is 2.